The van der Waals surface area contributed by atoms with Crippen LogP contribution in [0.5, 0.6) is 0 Å². The van der Waals surface area contributed by atoms with Gasteiger partial charge in [0.2, 0.25) is 0 Å². The summed E-state index contributed by atoms with van der Waals surface area (Å²) in [7, 11) is 0. The maximum absolute atomic E-state index is 10.6. The van der Waals surface area contributed by atoms with Crippen LogP contribution >= 0.6 is 11.6 Å². The topological polar surface area (TPSA) is 79.8 Å². The van der Waals surface area contributed by atoms with Gasteiger partial charge in [0.05, 0.1) is 22.1 Å². The number of halogens is 1. The Morgan fingerprint density at radius 2 is 2.11 bits per heavy atom. The van der Waals surface area contributed by atoms with E-state index in [9.17, 15) is 10.1 Å². The largest absolute Gasteiger partial charge is 0.306 e. The fourth-order valence-corrected chi connectivity index (χ4v) is 1.62. The Labute approximate surface area is 109 Å². The third kappa shape index (κ3) is 2.55. The molecule has 0 amide bonds. The highest BCUT2D eigenvalue weighted by molar-refractivity contribution is 6.37. The predicted molar refractivity (Wildman–Crippen MR) is 69.5 cm³/mol. The number of nitro groups is 1. The number of aromatic nitrogens is 1. The molecule has 1 aromatic heterocycles. The van der Waals surface area contributed by atoms with Crippen LogP contribution in [0.4, 0.5) is 5.69 Å². The molecule has 5 nitrogen and oxygen atoms in total. The zero-order chi connectivity index (χ0) is 13.7. The van der Waals surface area contributed by atoms with Crippen molar-refractivity contribution in [2.24, 2.45) is 0 Å². The molecule has 0 fully saturated rings. The fourth-order valence-electron chi connectivity index (χ4n) is 1.35. The van der Waals surface area contributed by atoms with Gasteiger partial charge in [0.15, 0.2) is 0 Å². The van der Waals surface area contributed by atoms with E-state index in [1.807, 2.05) is 19.9 Å². The number of nitriles is 1. The van der Waals surface area contributed by atoms with E-state index in [-0.39, 0.29) is 10.7 Å². The number of benzene rings is 1. The summed E-state index contributed by atoms with van der Waals surface area (Å²) in [4.78, 5) is 13.9. The Morgan fingerprint density at radius 1 is 1.44 bits per heavy atom. The molecule has 0 saturated heterocycles. The maximum Gasteiger partial charge on any atom is 0.306 e. The quantitative estimate of drug-likeness (QED) is 0.580. The summed E-state index contributed by atoms with van der Waals surface area (Å²) in [6, 6.07) is 6.60. The molecule has 0 aliphatic heterocycles. The van der Waals surface area contributed by atoms with Crippen LogP contribution in [0.1, 0.15) is 19.4 Å². The number of nitrogens with zero attached hydrogens (tertiary/aromatic N) is 3. The number of hydrogen-bond donors (Lipinski definition) is 0. The monoisotopic (exact) mass is 263 g/mol. The van der Waals surface area contributed by atoms with Crippen molar-refractivity contribution < 1.29 is 4.92 Å². The van der Waals surface area contributed by atoms with Crippen LogP contribution in [0.15, 0.2) is 24.4 Å². The van der Waals surface area contributed by atoms with E-state index >= 15 is 0 Å². The van der Waals surface area contributed by atoms with E-state index in [2.05, 4.69) is 4.98 Å². The van der Waals surface area contributed by atoms with Gasteiger partial charge in [-0.2, -0.15) is 5.26 Å². The summed E-state index contributed by atoms with van der Waals surface area (Å²) < 4.78 is 0. The Morgan fingerprint density at radius 3 is 2.67 bits per heavy atom. The molecule has 1 aromatic carbocycles. The van der Waals surface area contributed by atoms with Gasteiger partial charge in [-0.1, -0.05) is 25.4 Å². The number of fused-ring (bicyclic) bond motifs is 1. The van der Waals surface area contributed by atoms with Crippen molar-refractivity contribution in [2.45, 2.75) is 13.8 Å². The second kappa shape index (κ2) is 5.94. The molecule has 1 heterocycles. The molecule has 92 valence electrons. The molecule has 18 heavy (non-hydrogen) atoms. The summed E-state index contributed by atoms with van der Waals surface area (Å²) in [5.41, 5.74) is 0.649. The lowest BCUT2D eigenvalue weighted by Gasteiger charge is -2.00. The molecule has 0 aliphatic carbocycles. The Kier molecular flexibility index (Phi) is 4.58. The van der Waals surface area contributed by atoms with E-state index in [0.717, 1.165) is 6.20 Å². The van der Waals surface area contributed by atoms with Gasteiger partial charge in [-0.25, -0.2) is 4.98 Å². The van der Waals surface area contributed by atoms with Crippen molar-refractivity contribution in [3.8, 4) is 6.07 Å². The van der Waals surface area contributed by atoms with Gasteiger partial charge in [0, 0.05) is 5.39 Å². The van der Waals surface area contributed by atoms with Gasteiger partial charge in [0.1, 0.15) is 11.2 Å². The first-order chi connectivity index (χ1) is 8.63. The zero-order valence-corrected chi connectivity index (χ0v) is 10.6. The lowest BCUT2D eigenvalue weighted by atomic mass is 10.1. The number of pyridine rings is 1. The Bertz CT molecular complexity index is 635. The molecule has 0 N–H and O–H groups in total. The minimum absolute atomic E-state index is 0.00657. The molecule has 0 atom stereocenters. The van der Waals surface area contributed by atoms with Crippen LogP contribution < -0.4 is 0 Å². The van der Waals surface area contributed by atoms with Crippen LogP contribution in [0.3, 0.4) is 0 Å². The summed E-state index contributed by atoms with van der Waals surface area (Å²) in [5, 5.41) is 19.8. The first-order valence-electron chi connectivity index (χ1n) is 5.26. The van der Waals surface area contributed by atoms with E-state index in [0.29, 0.717) is 16.5 Å². The van der Waals surface area contributed by atoms with Crippen LogP contribution in [-0.4, -0.2) is 9.91 Å². The molecule has 2 rings (SSSR count). The molecule has 0 unspecified atom stereocenters. The SMILES string of the molecule is CC.N#Cc1ccc2ncc([N+](=O)[O-])c(Cl)c2c1. The highest BCUT2D eigenvalue weighted by Crippen LogP contribution is 2.31. The van der Waals surface area contributed by atoms with Gasteiger partial charge < -0.3 is 0 Å². The van der Waals surface area contributed by atoms with Crippen LogP contribution in [0, 0.1) is 21.4 Å². The summed E-state index contributed by atoms with van der Waals surface area (Å²) in [5.74, 6) is 0. The molecule has 0 bridgehead atoms. The normalized spacial score (nSPS) is 9.22. The van der Waals surface area contributed by atoms with Crippen molar-refractivity contribution in [3.63, 3.8) is 0 Å². The third-order valence-electron chi connectivity index (χ3n) is 2.11. The van der Waals surface area contributed by atoms with E-state index < -0.39 is 4.92 Å². The Hall–Kier alpha value is -2.19. The standard InChI is InChI=1S/C10H4ClN3O2.C2H6/c11-10-7-3-6(4-12)1-2-8(7)13-5-9(10)14(15)16;1-2/h1-3,5H;1-2H3. The van der Waals surface area contributed by atoms with Crippen LogP contribution in [0.25, 0.3) is 10.9 Å². The van der Waals surface area contributed by atoms with Crippen molar-refractivity contribution in [2.75, 3.05) is 0 Å². The third-order valence-corrected chi connectivity index (χ3v) is 2.51. The molecular formula is C12H10ClN3O2. The molecule has 0 radical (unpaired) electrons. The van der Waals surface area contributed by atoms with Crippen molar-refractivity contribution in [1.29, 1.82) is 5.26 Å². The minimum atomic E-state index is -0.603. The van der Waals surface area contributed by atoms with E-state index in [1.54, 1.807) is 12.1 Å². The zero-order valence-electron chi connectivity index (χ0n) is 9.85. The number of rotatable bonds is 1. The Balaban J connectivity index is 0.000000771. The highest BCUT2D eigenvalue weighted by atomic mass is 35.5. The highest BCUT2D eigenvalue weighted by Gasteiger charge is 2.16. The summed E-state index contributed by atoms with van der Waals surface area (Å²) in [6.07, 6.45) is 1.11. The summed E-state index contributed by atoms with van der Waals surface area (Å²) in [6.45, 7) is 4.00. The van der Waals surface area contributed by atoms with Crippen LogP contribution in [0.2, 0.25) is 5.02 Å². The average Bonchev–Trinajstić information content (AvgIpc) is 2.41. The van der Waals surface area contributed by atoms with Gasteiger partial charge in [-0.3, -0.25) is 10.1 Å². The fraction of sp³-hybridized carbons (Fsp3) is 0.167. The molecular weight excluding hydrogens is 254 g/mol. The first kappa shape index (κ1) is 13.9. The second-order valence-electron chi connectivity index (χ2n) is 3.06. The molecule has 0 saturated carbocycles. The van der Waals surface area contributed by atoms with Gasteiger partial charge >= 0.3 is 5.69 Å². The van der Waals surface area contributed by atoms with Crippen molar-refractivity contribution in [3.05, 3.63) is 45.1 Å². The van der Waals surface area contributed by atoms with Crippen molar-refractivity contribution >= 4 is 28.2 Å². The van der Waals surface area contributed by atoms with Gasteiger partial charge in [-0.15, -0.1) is 0 Å². The summed E-state index contributed by atoms with van der Waals surface area (Å²) >= 11 is 5.87. The molecule has 0 aliphatic rings. The lowest BCUT2D eigenvalue weighted by Crippen LogP contribution is -1.92. The van der Waals surface area contributed by atoms with Gasteiger partial charge in [0.25, 0.3) is 0 Å². The van der Waals surface area contributed by atoms with E-state index in [4.69, 9.17) is 16.9 Å². The van der Waals surface area contributed by atoms with E-state index in [1.165, 1.54) is 6.07 Å². The maximum atomic E-state index is 10.6. The predicted octanol–water partition coefficient (Wildman–Crippen LogP) is 3.69. The first-order valence-corrected chi connectivity index (χ1v) is 5.64. The average molecular weight is 264 g/mol. The smallest absolute Gasteiger partial charge is 0.258 e. The number of hydrogen-bond acceptors (Lipinski definition) is 4. The molecule has 0 spiro atoms. The lowest BCUT2D eigenvalue weighted by molar-refractivity contribution is -0.384. The second-order valence-corrected chi connectivity index (χ2v) is 3.44. The molecule has 2 aromatic rings. The van der Waals surface area contributed by atoms with Crippen molar-refractivity contribution in [1.82, 2.24) is 4.98 Å². The van der Waals surface area contributed by atoms with Gasteiger partial charge in [-0.05, 0) is 18.2 Å². The van der Waals surface area contributed by atoms with Crippen LogP contribution in [-0.2, 0) is 0 Å². The molecule has 6 heteroatoms. The minimum Gasteiger partial charge on any atom is -0.258 e.